The molecular weight excluding hydrogens is 326 g/mol. The quantitative estimate of drug-likeness (QED) is 0.707. The lowest BCUT2D eigenvalue weighted by Crippen LogP contribution is -2.37. The van der Waals surface area contributed by atoms with Gasteiger partial charge in [-0.2, -0.15) is 0 Å². The van der Waals surface area contributed by atoms with Gasteiger partial charge in [-0.1, -0.05) is 18.2 Å². The Bertz CT molecular complexity index is 670. The SMILES string of the molecule is CC(O)CC(C)(O)C(=O)O.O=C(Oc1ccncc1)c1ccccc1. The molecule has 0 amide bonds. The number of carbonyl (C=O) groups is 2. The minimum absolute atomic E-state index is 0.150. The fraction of sp³-hybridized carbons (Fsp3) is 0.278. The van der Waals surface area contributed by atoms with Crippen molar-refractivity contribution < 1.29 is 29.6 Å². The minimum Gasteiger partial charge on any atom is -0.479 e. The summed E-state index contributed by atoms with van der Waals surface area (Å²) in [6.07, 6.45) is 2.20. The zero-order valence-corrected chi connectivity index (χ0v) is 14.0. The van der Waals surface area contributed by atoms with Crippen LogP contribution in [0.5, 0.6) is 5.75 Å². The third kappa shape index (κ3) is 7.56. The number of aromatic nitrogens is 1. The molecule has 134 valence electrons. The molecule has 7 heteroatoms. The van der Waals surface area contributed by atoms with Crippen molar-refractivity contribution in [3.8, 4) is 5.75 Å². The number of carboxylic acid groups (broad SMARTS) is 1. The summed E-state index contributed by atoms with van der Waals surface area (Å²) in [6, 6.07) is 12.1. The van der Waals surface area contributed by atoms with E-state index in [4.69, 9.17) is 20.1 Å². The molecule has 2 atom stereocenters. The molecule has 0 spiro atoms. The largest absolute Gasteiger partial charge is 0.479 e. The summed E-state index contributed by atoms with van der Waals surface area (Å²) in [4.78, 5) is 25.6. The van der Waals surface area contributed by atoms with Gasteiger partial charge in [-0.25, -0.2) is 9.59 Å². The van der Waals surface area contributed by atoms with E-state index in [0.29, 0.717) is 11.3 Å². The topological polar surface area (TPSA) is 117 Å². The number of carboxylic acids is 1. The van der Waals surface area contributed by atoms with Gasteiger partial charge in [0.05, 0.1) is 11.7 Å². The van der Waals surface area contributed by atoms with Crippen molar-refractivity contribution in [2.45, 2.75) is 32.0 Å². The van der Waals surface area contributed by atoms with E-state index in [0.717, 1.165) is 6.92 Å². The Kier molecular flexibility index (Phi) is 7.71. The monoisotopic (exact) mass is 347 g/mol. The van der Waals surface area contributed by atoms with E-state index >= 15 is 0 Å². The molecule has 7 nitrogen and oxygen atoms in total. The molecule has 1 aromatic carbocycles. The molecule has 2 aromatic rings. The van der Waals surface area contributed by atoms with Crippen LogP contribution in [0.2, 0.25) is 0 Å². The molecule has 2 unspecified atom stereocenters. The molecule has 0 saturated heterocycles. The van der Waals surface area contributed by atoms with Gasteiger partial charge >= 0.3 is 11.9 Å². The molecule has 1 aromatic heterocycles. The third-order valence-electron chi connectivity index (χ3n) is 3.02. The maximum absolute atomic E-state index is 11.6. The number of rotatable bonds is 5. The van der Waals surface area contributed by atoms with Crippen LogP contribution < -0.4 is 4.74 Å². The number of hydrogen-bond acceptors (Lipinski definition) is 6. The molecule has 0 bridgehead atoms. The first kappa shape index (κ1) is 20.3. The summed E-state index contributed by atoms with van der Waals surface area (Å²) < 4.78 is 5.12. The molecule has 0 aliphatic heterocycles. The first-order chi connectivity index (χ1) is 11.7. The summed E-state index contributed by atoms with van der Waals surface area (Å²) in [5.41, 5.74) is -1.27. The Labute approximate surface area is 145 Å². The third-order valence-corrected chi connectivity index (χ3v) is 3.02. The number of ether oxygens (including phenoxy) is 1. The summed E-state index contributed by atoms with van der Waals surface area (Å²) in [5, 5.41) is 26.0. The van der Waals surface area contributed by atoms with Crippen LogP contribution in [0.4, 0.5) is 0 Å². The van der Waals surface area contributed by atoms with Gasteiger partial charge in [-0.05, 0) is 38.1 Å². The van der Waals surface area contributed by atoms with Crippen molar-refractivity contribution in [3.63, 3.8) is 0 Å². The first-order valence-corrected chi connectivity index (χ1v) is 7.53. The molecule has 0 aliphatic carbocycles. The van der Waals surface area contributed by atoms with Crippen LogP contribution in [0, 0.1) is 0 Å². The van der Waals surface area contributed by atoms with Gasteiger partial charge in [-0.15, -0.1) is 0 Å². The van der Waals surface area contributed by atoms with Crippen molar-refractivity contribution in [2.75, 3.05) is 0 Å². The second-order valence-corrected chi connectivity index (χ2v) is 5.57. The van der Waals surface area contributed by atoms with Gasteiger partial charge in [0, 0.05) is 18.8 Å². The van der Waals surface area contributed by atoms with Crippen molar-refractivity contribution >= 4 is 11.9 Å². The lowest BCUT2D eigenvalue weighted by molar-refractivity contribution is -0.159. The predicted molar refractivity (Wildman–Crippen MR) is 90.2 cm³/mol. The van der Waals surface area contributed by atoms with Crippen LogP contribution in [0.25, 0.3) is 0 Å². The molecule has 2 rings (SSSR count). The van der Waals surface area contributed by atoms with E-state index in [-0.39, 0.29) is 12.4 Å². The molecule has 25 heavy (non-hydrogen) atoms. The summed E-state index contributed by atoms with van der Waals surface area (Å²) in [6.45, 7) is 2.58. The van der Waals surface area contributed by atoms with Gasteiger partial charge in [0.1, 0.15) is 5.75 Å². The Hall–Kier alpha value is -2.77. The van der Waals surface area contributed by atoms with Gasteiger partial charge in [0.15, 0.2) is 5.60 Å². The number of hydrogen-bond donors (Lipinski definition) is 3. The molecule has 0 aliphatic rings. The van der Waals surface area contributed by atoms with Crippen molar-refractivity contribution in [3.05, 3.63) is 60.4 Å². The van der Waals surface area contributed by atoms with E-state index in [1.54, 1.807) is 48.8 Å². The highest BCUT2D eigenvalue weighted by Crippen LogP contribution is 2.11. The van der Waals surface area contributed by atoms with Crippen LogP contribution in [0.15, 0.2) is 54.9 Å². The van der Waals surface area contributed by atoms with E-state index in [1.807, 2.05) is 6.07 Å². The Morgan fingerprint density at radius 2 is 1.72 bits per heavy atom. The lowest BCUT2D eigenvalue weighted by atomic mass is 10.00. The fourth-order valence-corrected chi connectivity index (χ4v) is 1.81. The predicted octanol–water partition coefficient (Wildman–Crippen LogP) is 1.89. The highest BCUT2D eigenvalue weighted by atomic mass is 16.5. The van der Waals surface area contributed by atoms with Crippen molar-refractivity contribution in [1.29, 1.82) is 0 Å². The van der Waals surface area contributed by atoms with Crippen molar-refractivity contribution in [1.82, 2.24) is 4.98 Å². The van der Waals surface area contributed by atoms with Crippen molar-refractivity contribution in [2.24, 2.45) is 0 Å². The number of aliphatic carboxylic acids is 1. The molecule has 3 N–H and O–H groups in total. The second kappa shape index (κ2) is 9.51. The number of pyridine rings is 1. The molecule has 1 heterocycles. The summed E-state index contributed by atoms with van der Waals surface area (Å²) in [5.74, 6) is -1.17. The van der Waals surface area contributed by atoms with Crippen LogP contribution in [-0.2, 0) is 4.79 Å². The maximum atomic E-state index is 11.6. The highest BCUT2D eigenvalue weighted by Gasteiger charge is 2.30. The molecule has 0 saturated carbocycles. The standard InChI is InChI=1S/C12H9NO2.C6H12O4/c14-12(10-4-2-1-3-5-10)15-11-6-8-13-9-7-11;1-4(7)3-6(2,10)5(8)9/h1-9H;4,7,10H,3H2,1-2H3,(H,8,9). The lowest BCUT2D eigenvalue weighted by Gasteiger charge is -2.18. The van der Waals surface area contributed by atoms with E-state index in [9.17, 15) is 9.59 Å². The van der Waals surface area contributed by atoms with Gasteiger partial charge in [0.25, 0.3) is 0 Å². The number of aliphatic hydroxyl groups is 2. The molecular formula is C18H21NO6. The fourth-order valence-electron chi connectivity index (χ4n) is 1.81. The Morgan fingerprint density at radius 1 is 1.16 bits per heavy atom. The Morgan fingerprint density at radius 3 is 2.16 bits per heavy atom. The van der Waals surface area contributed by atoms with Crippen LogP contribution in [-0.4, -0.2) is 43.9 Å². The average Bonchev–Trinajstić information content (AvgIpc) is 2.56. The first-order valence-electron chi connectivity index (χ1n) is 7.53. The van der Waals surface area contributed by atoms with Gasteiger partial charge in [-0.3, -0.25) is 4.98 Å². The summed E-state index contributed by atoms with van der Waals surface area (Å²) in [7, 11) is 0. The summed E-state index contributed by atoms with van der Waals surface area (Å²) >= 11 is 0. The normalized spacial score (nSPS) is 13.6. The van der Waals surface area contributed by atoms with E-state index in [2.05, 4.69) is 4.98 Å². The number of aliphatic hydroxyl groups excluding tert-OH is 1. The van der Waals surface area contributed by atoms with Crippen LogP contribution in [0.1, 0.15) is 30.6 Å². The average molecular weight is 347 g/mol. The Balaban J connectivity index is 0.000000275. The van der Waals surface area contributed by atoms with Crippen LogP contribution in [0.3, 0.4) is 0 Å². The highest BCUT2D eigenvalue weighted by molar-refractivity contribution is 5.90. The smallest absolute Gasteiger partial charge is 0.343 e. The second-order valence-electron chi connectivity index (χ2n) is 5.57. The maximum Gasteiger partial charge on any atom is 0.343 e. The zero-order chi connectivity index (χ0) is 18.9. The minimum atomic E-state index is -1.81. The van der Waals surface area contributed by atoms with E-state index in [1.165, 1.54) is 6.92 Å². The molecule has 0 radical (unpaired) electrons. The number of carbonyl (C=O) groups excluding carboxylic acids is 1. The number of benzene rings is 1. The van der Waals surface area contributed by atoms with Crippen LogP contribution >= 0.6 is 0 Å². The van der Waals surface area contributed by atoms with Gasteiger partial charge < -0.3 is 20.1 Å². The molecule has 0 fully saturated rings. The number of esters is 1. The number of nitrogens with zero attached hydrogens (tertiary/aromatic N) is 1. The van der Waals surface area contributed by atoms with E-state index < -0.39 is 17.7 Å². The van der Waals surface area contributed by atoms with Gasteiger partial charge in [0.2, 0.25) is 0 Å². The zero-order valence-electron chi connectivity index (χ0n) is 14.0.